The van der Waals surface area contributed by atoms with Crippen molar-refractivity contribution in [3.05, 3.63) is 60.2 Å². The van der Waals surface area contributed by atoms with E-state index < -0.39 is 0 Å². The molecule has 0 radical (unpaired) electrons. The molecular weight excluding hydrogens is 410 g/mol. The number of para-hydroxylation sites is 1. The number of benzene rings is 2. The van der Waals surface area contributed by atoms with E-state index in [1.807, 2.05) is 54.6 Å². The Hall–Kier alpha value is -3.08. The van der Waals surface area contributed by atoms with Crippen LogP contribution in [0.15, 0.2) is 54.6 Å². The Kier molecular flexibility index (Phi) is 5.01. The molecule has 4 fully saturated rings. The van der Waals surface area contributed by atoms with Gasteiger partial charge in [0.2, 0.25) is 5.91 Å². The van der Waals surface area contributed by atoms with Gasteiger partial charge in [-0.1, -0.05) is 18.2 Å². The predicted molar refractivity (Wildman–Crippen MR) is 130 cm³/mol. The lowest BCUT2D eigenvalue weighted by atomic mass is 9.53. The Morgan fingerprint density at radius 3 is 2.36 bits per heavy atom. The maximum Gasteiger partial charge on any atom is 0.220 e. The molecule has 1 aromatic heterocycles. The lowest BCUT2D eigenvalue weighted by Crippen LogP contribution is -2.59. The second-order valence-electron chi connectivity index (χ2n) is 10.5. The summed E-state index contributed by atoms with van der Waals surface area (Å²) >= 11 is 0. The molecule has 4 aliphatic carbocycles. The van der Waals surface area contributed by atoms with Gasteiger partial charge in [-0.3, -0.25) is 4.79 Å². The average Bonchev–Trinajstić information content (AvgIpc) is 2.77. The highest BCUT2D eigenvalue weighted by Gasteiger charge is 2.51. The molecule has 3 aromatic rings. The van der Waals surface area contributed by atoms with Crippen molar-refractivity contribution in [3.63, 3.8) is 0 Å². The fourth-order valence-corrected chi connectivity index (χ4v) is 6.97. The number of nitrogens with two attached hydrogens (primary N) is 1. The predicted octanol–water partition coefficient (Wildman–Crippen LogP) is 5.63. The van der Waals surface area contributed by atoms with Crippen molar-refractivity contribution < 1.29 is 9.53 Å². The smallest absolute Gasteiger partial charge is 0.220 e. The van der Waals surface area contributed by atoms with E-state index in [0.717, 1.165) is 45.7 Å². The van der Waals surface area contributed by atoms with Gasteiger partial charge in [-0.25, -0.2) is 4.98 Å². The fourth-order valence-electron chi connectivity index (χ4n) is 6.97. The maximum atomic E-state index is 12.9. The van der Waals surface area contributed by atoms with E-state index in [4.69, 9.17) is 10.5 Å². The summed E-state index contributed by atoms with van der Waals surface area (Å²) in [6.07, 6.45) is 8.70. The summed E-state index contributed by atoms with van der Waals surface area (Å²) < 4.78 is 5.97. The first kappa shape index (κ1) is 20.5. The van der Waals surface area contributed by atoms with Gasteiger partial charge in [0.1, 0.15) is 17.3 Å². The number of nitrogens with one attached hydrogen (secondary N) is 1. The molecule has 0 atom stereocenters. The number of hydrogen-bond donors (Lipinski definition) is 2. The zero-order valence-electron chi connectivity index (χ0n) is 18.9. The van der Waals surface area contributed by atoms with Crippen LogP contribution in [0.2, 0.25) is 0 Å². The highest BCUT2D eigenvalue weighted by molar-refractivity contribution is 5.83. The number of amides is 1. The van der Waals surface area contributed by atoms with Gasteiger partial charge in [0.05, 0.1) is 5.52 Å². The Morgan fingerprint density at radius 1 is 0.970 bits per heavy atom. The summed E-state index contributed by atoms with van der Waals surface area (Å²) in [4.78, 5) is 17.5. The molecule has 5 nitrogen and oxygen atoms in total. The van der Waals surface area contributed by atoms with Crippen LogP contribution in [0, 0.1) is 17.8 Å². The molecule has 5 heteroatoms. The fraction of sp³-hybridized carbons (Fsp3) is 0.429. The Balaban J connectivity index is 1.14. The van der Waals surface area contributed by atoms with Gasteiger partial charge < -0.3 is 15.8 Å². The van der Waals surface area contributed by atoms with Crippen LogP contribution in [0.5, 0.6) is 11.5 Å². The molecule has 1 heterocycles. The van der Waals surface area contributed by atoms with Crippen molar-refractivity contribution in [1.29, 1.82) is 0 Å². The molecule has 170 valence electrons. The number of aromatic nitrogens is 1. The first-order valence-corrected chi connectivity index (χ1v) is 12.3. The zero-order chi connectivity index (χ0) is 22.4. The van der Waals surface area contributed by atoms with Crippen molar-refractivity contribution in [1.82, 2.24) is 10.3 Å². The Bertz CT molecular complexity index is 1160. The summed E-state index contributed by atoms with van der Waals surface area (Å²) in [5, 5.41) is 4.43. The van der Waals surface area contributed by atoms with E-state index in [1.165, 1.54) is 38.5 Å². The minimum Gasteiger partial charge on any atom is -0.457 e. The van der Waals surface area contributed by atoms with Crippen LogP contribution in [-0.2, 0) is 11.2 Å². The SMILES string of the molecule is Nc1nc2ccc(Oc3ccccc3)cc2cc1CCC(=O)NC12CC3CC(CC(C3)C1)C2. The van der Waals surface area contributed by atoms with Crippen molar-refractivity contribution >= 4 is 22.6 Å². The van der Waals surface area contributed by atoms with Crippen molar-refractivity contribution in [3.8, 4) is 11.5 Å². The monoisotopic (exact) mass is 441 g/mol. The summed E-state index contributed by atoms with van der Waals surface area (Å²) in [5.74, 6) is 4.67. The number of nitrogen functional groups attached to an aromatic ring is 1. The molecule has 3 N–H and O–H groups in total. The van der Waals surface area contributed by atoms with E-state index in [0.29, 0.717) is 18.7 Å². The molecule has 7 rings (SSSR count). The van der Waals surface area contributed by atoms with Crippen LogP contribution >= 0.6 is 0 Å². The number of carbonyl (C=O) groups is 1. The largest absolute Gasteiger partial charge is 0.457 e. The van der Waals surface area contributed by atoms with Crippen LogP contribution < -0.4 is 15.8 Å². The number of pyridine rings is 1. The van der Waals surface area contributed by atoms with Gasteiger partial charge in [0.15, 0.2) is 0 Å². The summed E-state index contributed by atoms with van der Waals surface area (Å²) in [6.45, 7) is 0. The third-order valence-corrected chi connectivity index (χ3v) is 7.94. The number of anilines is 1. The lowest BCUT2D eigenvalue weighted by Gasteiger charge is -2.56. The van der Waals surface area contributed by atoms with E-state index in [9.17, 15) is 4.79 Å². The number of aryl methyl sites for hydroxylation is 1. The van der Waals surface area contributed by atoms with Crippen LogP contribution in [-0.4, -0.2) is 16.4 Å². The maximum absolute atomic E-state index is 12.9. The highest BCUT2D eigenvalue weighted by atomic mass is 16.5. The lowest BCUT2D eigenvalue weighted by molar-refractivity contribution is -0.126. The van der Waals surface area contributed by atoms with Crippen LogP contribution in [0.1, 0.15) is 50.5 Å². The van der Waals surface area contributed by atoms with Crippen LogP contribution in [0.3, 0.4) is 0 Å². The number of fused-ring (bicyclic) bond motifs is 1. The molecule has 0 saturated heterocycles. The second kappa shape index (κ2) is 8.05. The summed E-state index contributed by atoms with van der Waals surface area (Å²) in [6, 6.07) is 17.6. The second-order valence-corrected chi connectivity index (χ2v) is 10.5. The van der Waals surface area contributed by atoms with E-state index >= 15 is 0 Å². The van der Waals surface area contributed by atoms with Crippen LogP contribution in [0.25, 0.3) is 10.9 Å². The summed E-state index contributed by atoms with van der Waals surface area (Å²) in [5.41, 5.74) is 8.05. The summed E-state index contributed by atoms with van der Waals surface area (Å²) in [7, 11) is 0. The van der Waals surface area contributed by atoms with Crippen LogP contribution in [0.4, 0.5) is 5.82 Å². The molecular formula is C28H31N3O2. The van der Waals surface area contributed by atoms with Crippen molar-refractivity contribution in [2.75, 3.05) is 5.73 Å². The Labute approximate surface area is 194 Å². The van der Waals surface area contributed by atoms with E-state index in [2.05, 4.69) is 10.3 Å². The van der Waals surface area contributed by atoms with E-state index in [-0.39, 0.29) is 11.4 Å². The average molecular weight is 442 g/mol. The Morgan fingerprint density at radius 2 is 1.67 bits per heavy atom. The minimum atomic E-state index is 0.0582. The highest BCUT2D eigenvalue weighted by Crippen LogP contribution is 2.55. The van der Waals surface area contributed by atoms with E-state index in [1.54, 1.807) is 0 Å². The standard InChI is InChI=1S/C28H31N3O2/c29-27-21(6-9-26(32)31-28-15-18-10-19(16-28)12-20(11-18)17-28)13-22-14-24(7-8-25(22)30-27)33-23-4-2-1-3-5-23/h1-5,7-8,13-14,18-20H,6,9-12,15-17H2,(H2,29,30)(H,31,32). The molecule has 0 unspecified atom stereocenters. The van der Waals surface area contributed by atoms with Gasteiger partial charge in [0, 0.05) is 17.3 Å². The first-order valence-electron chi connectivity index (χ1n) is 12.3. The molecule has 4 saturated carbocycles. The normalized spacial score (nSPS) is 27.6. The van der Waals surface area contributed by atoms with Crippen molar-refractivity contribution in [2.24, 2.45) is 17.8 Å². The number of carbonyl (C=O) groups excluding carboxylic acids is 1. The number of nitrogens with zero attached hydrogens (tertiary/aromatic N) is 1. The number of rotatable bonds is 6. The molecule has 0 aliphatic heterocycles. The zero-order valence-corrected chi connectivity index (χ0v) is 18.9. The third kappa shape index (κ3) is 4.17. The van der Waals surface area contributed by atoms with Gasteiger partial charge in [0.25, 0.3) is 0 Å². The molecule has 2 aromatic carbocycles. The molecule has 0 spiro atoms. The quantitative estimate of drug-likeness (QED) is 0.520. The third-order valence-electron chi connectivity index (χ3n) is 7.94. The molecule has 4 bridgehead atoms. The molecule has 33 heavy (non-hydrogen) atoms. The van der Waals surface area contributed by atoms with Gasteiger partial charge in [-0.05, 0) is 105 Å². The van der Waals surface area contributed by atoms with Gasteiger partial charge in [-0.15, -0.1) is 0 Å². The number of hydrogen-bond acceptors (Lipinski definition) is 4. The molecule has 1 amide bonds. The molecule has 4 aliphatic rings. The van der Waals surface area contributed by atoms with Gasteiger partial charge >= 0.3 is 0 Å². The number of ether oxygens (including phenoxy) is 1. The van der Waals surface area contributed by atoms with Gasteiger partial charge in [-0.2, -0.15) is 0 Å². The minimum absolute atomic E-state index is 0.0582. The topological polar surface area (TPSA) is 77.2 Å². The first-order chi connectivity index (χ1) is 16.0. The van der Waals surface area contributed by atoms with Crippen molar-refractivity contribution in [2.45, 2.75) is 56.9 Å².